The number of ether oxygens (including phenoxy) is 3. The van der Waals surface area contributed by atoms with Gasteiger partial charge in [-0.3, -0.25) is 18.6 Å². The second-order valence-electron chi connectivity index (χ2n) is 7.66. The number of anilines is 1. The van der Waals surface area contributed by atoms with Crippen molar-refractivity contribution < 1.29 is 19.0 Å². The molecule has 0 saturated heterocycles. The third kappa shape index (κ3) is 4.75. The first kappa shape index (κ1) is 23.7. The molecule has 0 atom stereocenters. The van der Waals surface area contributed by atoms with E-state index in [4.69, 9.17) is 14.2 Å². The molecule has 0 unspecified atom stereocenters. The molecule has 0 saturated carbocycles. The lowest BCUT2D eigenvalue weighted by molar-refractivity contribution is -0.116. The van der Waals surface area contributed by atoms with Gasteiger partial charge in [0.15, 0.2) is 0 Å². The molecule has 10 nitrogen and oxygen atoms in total. The average molecular weight is 486 g/mol. The molecule has 3 aromatic heterocycles. The van der Waals surface area contributed by atoms with Crippen LogP contribution in [0, 0.1) is 0 Å². The summed E-state index contributed by atoms with van der Waals surface area (Å²) < 4.78 is 19.9. The number of nitrogens with zero attached hydrogens (tertiary/aromatic N) is 4. The summed E-state index contributed by atoms with van der Waals surface area (Å²) in [6.45, 7) is 1.05. The van der Waals surface area contributed by atoms with Gasteiger partial charge in [-0.1, -0.05) is 0 Å². The standard InChI is InChI=1S/C23H27N5O5S/c1-31-12-5-11-27-22(30)21-17(10-13-34-21)28-19(25-26-23(27)28)6-4-7-20(29)24-16-9-8-15(32-2)14-18(16)33-3/h8-10,13-14H,4-7,11-12H2,1-3H3,(H,24,29). The Balaban J connectivity index is 1.49. The number of hydrogen-bond acceptors (Lipinski definition) is 8. The number of aromatic nitrogens is 4. The molecule has 3 heterocycles. The topological polar surface area (TPSA) is 109 Å². The molecule has 0 aliphatic rings. The van der Waals surface area contributed by atoms with Gasteiger partial charge in [-0.05, 0) is 36.4 Å². The van der Waals surface area contributed by atoms with Crippen molar-refractivity contribution in [2.45, 2.75) is 32.2 Å². The summed E-state index contributed by atoms with van der Waals surface area (Å²) in [6, 6.07) is 7.14. The molecule has 0 radical (unpaired) electrons. The van der Waals surface area contributed by atoms with Gasteiger partial charge in [-0.15, -0.1) is 21.5 Å². The second kappa shape index (κ2) is 10.7. The van der Waals surface area contributed by atoms with Crippen molar-refractivity contribution in [1.82, 2.24) is 19.2 Å². The van der Waals surface area contributed by atoms with Crippen molar-refractivity contribution >= 4 is 38.9 Å². The number of nitrogens with one attached hydrogen (secondary N) is 1. The number of aryl methyl sites for hydroxylation is 2. The van der Waals surface area contributed by atoms with Crippen LogP contribution in [-0.2, 0) is 22.5 Å². The minimum atomic E-state index is -0.130. The number of carbonyl (C=O) groups excluding carboxylic acids is 1. The minimum Gasteiger partial charge on any atom is -0.497 e. The van der Waals surface area contributed by atoms with E-state index in [0.717, 1.165) is 5.52 Å². The van der Waals surface area contributed by atoms with Crippen molar-refractivity contribution in [1.29, 1.82) is 0 Å². The van der Waals surface area contributed by atoms with Crippen LogP contribution in [0.3, 0.4) is 0 Å². The van der Waals surface area contributed by atoms with Crippen LogP contribution >= 0.6 is 11.3 Å². The van der Waals surface area contributed by atoms with E-state index in [2.05, 4.69) is 15.5 Å². The van der Waals surface area contributed by atoms with Crippen LogP contribution in [0.1, 0.15) is 25.1 Å². The Bertz CT molecular complexity index is 1360. The lowest BCUT2D eigenvalue weighted by Gasteiger charge is -2.11. The number of amides is 1. The fraction of sp³-hybridized carbons (Fsp3) is 0.391. The number of methoxy groups -OCH3 is 3. The molecule has 0 spiro atoms. The molecule has 0 fully saturated rings. The highest BCUT2D eigenvalue weighted by Crippen LogP contribution is 2.29. The number of benzene rings is 1. The third-order valence-electron chi connectivity index (χ3n) is 5.50. The predicted molar refractivity (Wildman–Crippen MR) is 130 cm³/mol. The van der Waals surface area contributed by atoms with E-state index in [0.29, 0.717) is 72.3 Å². The lowest BCUT2D eigenvalue weighted by atomic mass is 10.2. The number of hydrogen-bond donors (Lipinski definition) is 1. The van der Waals surface area contributed by atoms with Crippen LogP contribution in [0.5, 0.6) is 11.5 Å². The first-order valence-corrected chi connectivity index (χ1v) is 11.8. The van der Waals surface area contributed by atoms with E-state index in [1.807, 2.05) is 15.8 Å². The summed E-state index contributed by atoms with van der Waals surface area (Å²) in [5.74, 6) is 2.27. The van der Waals surface area contributed by atoms with E-state index in [-0.39, 0.29) is 11.5 Å². The van der Waals surface area contributed by atoms with Crippen molar-refractivity contribution in [2.24, 2.45) is 0 Å². The maximum absolute atomic E-state index is 13.0. The highest BCUT2D eigenvalue weighted by molar-refractivity contribution is 7.17. The van der Waals surface area contributed by atoms with Crippen LogP contribution in [0.4, 0.5) is 5.69 Å². The van der Waals surface area contributed by atoms with Crippen LogP contribution in [0.25, 0.3) is 16.0 Å². The van der Waals surface area contributed by atoms with Crippen LogP contribution in [0.15, 0.2) is 34.4 Å². The lowest BCUT2D eigenvalue weighted by Crippen LogP contribution is -2.23. The molecule has 1 amide bonds. The number of fused-ring (bicyclic) bond motifs is 3. The molecule has 0 bridgehead atoms. The summed E-state index contributed by atoms with van der Waals surface area (Å²) in [5, 5.41) is 13.4. The van der Waals surface area contributed by atoms with Crippen LogP contribution < -0.4 is 20.3 Å². The fourth-order valence-electron chi connectivity index (χ4n) is 3.83. The van der Waals surface area contributed by atoms with Gasteiger partial charge in [0.25, 0.3) is 5.56 Å². The van der Waals surface area contributed by atoms with Crippen LogP contribution in [0.2, 0.25) is 0 Å². The molecule has 11 heteroatoms. The van der Waals surface area contributed by atoms with Gasteiger partial charge in [0.1, 0.15) is 22.0 Å². The first-order chi connectivity index (χ1) is 16.6. The molecule has 0 aliphatic carbocycles. The predicted octanol–water partition coefficient (Wildman–Crippen LogP) is 3.12. The van der Waals surface area contributed by atoms with E-state index < -0.39 is 0 Å². The quantitative estimate of drug-likeness (QED) is 0.325. The molecule has 4 rings (SSSR count). The summed E-state index contributed by atoms with van der Waals surface area (Å²) in [4.78, 5) is 25.5. The Kier molecular flexibility index (Phi) is 7.43. The average Bonchev–Trinajstić information content (AvgIpc) is 3.49. The molecule has 4 aromatic rings. The van der Waals surface area contributed by atoms with Gasteiger partial charge in [0.05, 0.1) is 25.4 Å². The maximum atomic E-state index is 13.0. The van der Waals surface area contributed by atoms with Crippen molar-refractivity contribution in [3.05, 3.63) is 45.8 Å². The molecule has 1 aromatic carbocycles. The zero-order chi connectivity index (χ0) is 24.1. The smallest absolute Gasteiger partial charge is 0.272 e. The molecule has 180 valence electrons. The van der Waals surface area contributed by atoms with E-state index in [1.165, 1.54) is 11.3 Å². The number of rotatable bonds is 11. The highest BCUT2D eigenvalue weighted by Gasteiger charge is 2.17. The van der Waals surface area contributed by atoms with Crippen LogP contribution in [-0.4, -0.2) is 53.0 Å². The van der Waals surface area contributed by atoms with Crippen molar-refractivity contribution in [3.63, 3.8) is 0 Å². The number of thiophene rings is 1. The Morgan fingerprint density at radius 3 is 2.74 bits per heavy atom. The van der Waals surface area contributed by atoms with Gasteiger partial charge in [0, 0.05) is 39.2 Å². The summed E-state index contributed by atoms with van der Waals surface area (Å²) >= 11 is 1.40. The molecule has 34 heavy (non-hydrogen) atoms. The van der Waals surface area contributed by atoms with Gasteiger partial charge < -0.3 is 19.5 Å². The Morgan fingerprint density at radius 2 is 1.97 bits per heavy atom. The normalized spacial score (nSPS) is 11.3. The van der Waals surface area contributed by atoms with Crippen molar-refractivity contribution in [2.75, 3.05) is 33.3 Å². The maximum Gasteiger partial charge on any atom is 0.272 e. The Hall–Kier alpha value is -3.44. The Morgan fingerprint density at radius 1 is 1.12 bits per heavy atom. The van der Waals surface area contributed by atoms with Gasteiger partial charge in [0.2, 0.25) is 11.7 Å². The minimum absolute atomic E-state index is 0.0691. The van der Waals surface area contributed by atoms with E-state index in [1.54, 1.807) is 44.1 Å². The summed E-state index contributed by atoms with van der Waals surface area (Å²) in [5.41, 5.74) is 1.31. The van der Waals surface area contributed by atoms with Crippen molar-refractivity contribution in [3.8, 4) is 11.5 Å². The first-order valence-electron chi connectivity index (χ1n) is 10.9. The summed E-state index contributed by atoms with van der Waals surface area (Å²) in [7, 11) is 4.75. The van der Waals surface area contributed by atoms with Gasteiger partial charge in [-0.2, -0.15) is 0 Å². The van der Waals surface area contributed by atoms with E-state index in [9.17, 15) is 9.59 Å². The SMILES string of the molecule is COCCCn1c(=O)c2sccc2n2c(CCCC(=O)Nc3ccc(OC)cc3OC)nnc12. The molecular formula is C23H27N5O5S. The summed E-state index contributed by atoms with van der Waals surface area (Å²) in [6.07, 6.45) is 2.10. The molecule has 1 N–H and O–H groups in total. The van der Waals surface area contributed by atoms with E-state index >= 15 is 0 Å². The molecular weight excluding hydrogens is 458 g/mol. The van der Waals surface area contributed by atoms with Gasteiger partial charge in [-0.25, -0.2) is 0 Å². The zero-order valence-corrected chi connectivity index (χ0v) is 20.2. The highest BCUT2D eigenvalue weighted by atomic mass is 32.1. The van der Waals surface area contributed by atoms with Gasteiger partial charge >= 0.3 is 0 Å². The number of carbonyl (C=O) groups is 1. The monoisotopic (exact) mass is 485 g/mol. The Labute approximate surface area is 200 Å². The third-order valence-corrected chi connectivity index (χ3v) is 6.39. The fourth-order valence-corrected chi connectivity index (χ4v) is 4.66. The zero-order valence-electron chi connectivity index (χ0n) is 19.4. The molecule has 0 aliphatic heterocycles. The largest absolute Gasteiger partial charge is 0.497 e. The second-order valence-corrected chi connectivity index (χ2v) is 8.57.